The van der Waals surface area contributed by atoms with Crippen molar-refractivity contribution in [1.29, 1.82) is 0 Å². The number of aliphatic imine (C=N–C) groups is 1. The van der Waals surface area contributed by atoms with Gasteiger partial charge in [-0.05, 0) is 25.0 Å². The van der Waals surface area contributed by atoms with Gasteiger partial charge in [0.1, 0.15) is 0 Å². The maximum absolute atomic E-state index is 11.9. The van der Waals surface area contributed by atoms with Gasteiger partial charge in [0.25, 0.3) is 0 Å². The first-order valence-corrected chi connectivity index (χ1v) is 7.71. The van der Waals surface area contributed by atoms with Gasteiger partial charge in [-0.1, -0.05) is 0 Å². The smallest absolute Gasteiger partial charge is 0.224 e. The summed E-state index contributed by atoms with van der Waals surface area (Å²) in [5.74, 6) is 1.66. The number of ether oxygens (including phenoxy) is 2. The van der Waals surface area contributed by atoms with Crippen LogP contribution in [0.15, 0.2) is 23.2 Å². The number of nitrogens with one attached hydrogen (secondary N) is 1. The maximum Gasteiger partial charge on any atom is 0.224 e. The van der Waals surface area contributed by atoms with Crippen LogP contribution in [0, 0.1) is 0 Å². The first-order chi connectivity index (χ1) is 11.1. The van der Waals surface area contributed by atoms with Gasteiger partial charge in [0.2, 0.25) is 5.91 Å². The van der Waals surface area contributed by atoms with Crippen LogP contribution < -0.4 is 20.5 Å². The van der Waals surface area contributed by atoms with E-state index >= 15 is 0 Å². The highest BCUT2D eigenvalue weighted by molar-refractivity contribution is 5.92. The first kappa shape index (κ1) is 16.9. The summed E-state index contributed by atoms with van der Waals surface area (Å²) < 4.78 is 10.4. The molecule has 7 nitrogen and oxygen atoms in total. The lowest BCUT2D eigenvalue weighted by Gasteiger charge is -2.14. The molecule has 0 unspecified atom stereocenters. The fraction of sp³-hybridized carbons (Fsp3) is 0.500. The molecule has 0 atom stereocenters. The molecular formula is C16H24N4O3. The van der Waals surface area contributed by atoms with Gasteiger partial charge in [0.15, 0.2) is 17.5 Å². The predicted molar refractivity (Wildman–Crippen MR) is 90.1 cm³/mol. The minimum absolute atomic E-state index is 0.144. The molecule has 0 bridgehead atoms. The number of hydrogen-bond donors (Lipinski definition) is 2. The second-order valence-electron chi connectivity index (χ2n) is 5.30. The Kier molecular flexibility index (Phi) is 6.08. The summed E-state index contributed by atoms with van der Waals surface area (Å²) in [6.07, 6.45) is 2.57. The van der Waals surface area contributed by atoms with Gasteiger partial charge in [-0.25, -0.2) is 0 Å². The number of benzene rings is 1. The Morgan fingerprint density at radius 3 is 2.61 bits per heavy atom. The van der Waals surface area contributed by atoms with E-state index in [1.807, 2.05) is 11.0 Å². The lowest BCUT2D eigenvalue weighted by atomic mass is 10.3. The molecule has 1 fully saturated rings. The number of carbonyl (C=O) groups excluding carboxylic acids is 1. The molecule has 0 aliphatic carbocycles. The molecule has 1 saturated heterocycles. The number of hydrogen-bond acceptors (Lipinski definition) is 4. The Balaban J connectivity index is 1.85. The number of likely N-dealkylation sites (tertiary alicyclic amines) is 1. The normalized spacial score (nSPS) is 14.7. The number of nitrogens with zero attached hydrogens (tertiary/aromatic N) is 2. The van der Waals surface area contributed by atoms with Crippen LogP contribution in [0.25, 0.3) is 0 Å². The third-order valence-corrected chi connectivity index (χ3v) is 3.72. The summed E-state index contributed by atoms with van der Waals surface area (Å²) in [6, 6.07) is 5.38. The maximum atomic E-state index is 11.9. The van der Waals surface area contributed by atoms with Gasteiger partial charge in [-0.3, -0.25) is 9.79 Å². The molecular weight excluding hydrogens is 296 g/mol. The monoisotopic (exact) mass is 320 g/mol. The Bertz CT molecular complexity index is 568. The summed E-state index contributed by atoms with van der Waals surface area (Å²) in [7, 11) is 3.15. The van der Waals surface area contributed by atoms with Gasteiger partial charge < -0.3 is 25.4 Å². The number of amides is 1. The van der Waals surface area contributed by atoms with Crippen LogP contribution in [0.4, 0.5) is 5.69 Å². The van der Waals surface area contributed by atoms with Crippen LogP contribution in [0.1, 0.15) is 19.3 Å². The van der Waals surface area contributed by atoms with Gasteiger partial charge >= 0.3 is 0 Å². The Morgan fingerprint density at radius 1 is 1.26 bits per heavy atom. The Labute approximate surface area is 136 Å². The molecule has 0 radical (unpaired) electrons. The van der Waals surface area contributed by atoms with E-state index < -0.39 is 0 Å². The highest BCUT2D eigenvalue weighted by atomic mass is 16.5. The zero-order valence-corrected chi connectivity index (χ0v) is 13.7. The zero-order chi connectivity index (χ0) is 16.7. The minimum Gasteiger partial charge on any atom is -0.493 e. The number of anilines is 1. The van der Waals surface area contributed by atoms with Crippen molar-refractivity contribution in [2.45, 2.75) is 19.3 Å². The van der Waals surface area contributed by atoms with Crippen LogP contribution >= 0.6 is 0 Å². The van der Waals surface area contributed by atoms with Crippen LogP contribution in [0.3, 0.4) is 0 Å². The molecule has 1 amide bonds. The van der Waals surface area contributed by atoms with Crippen LogP contribution in [-0.4, -0.2) is 50.6 Å². The summed E-state index contributed by atoms with van der Waals surface area (Å²) >= 11 is 0. The lowest BCUT2D eigenvalue weighted by molar-refractivity contribution is -0.129. The molecule has 1 aliphatic heterocycles. The number of nitrogens with two attached hydrogens (primary N) is 1. The molecule has 0 saturated carbocycles. The van der Waals surface area contributed by atoms with Gasteiger partial charge in [0, 0.05) is 31.3 Å². The highest BCUT2D eigenvalue weighted by Crippen LogP contribution is 2.29. The quantitative estimate of drug-likeness (QED) is 0.611. The summed E-state index contributed by atoms with van der Waals surface area (Å²) in [5.41, 5.74) is 6.59. The second kappa shape index (κ2) is 8.26. The van der Waals surface area contributed by atoms with E-state index in [0.29, 0.717) is 24.5 Å². The van der Waals surface area contributed by atoms with Crippen molar-refractivity contribution in [2.24, 2.45) is 10.7 Å². The van der Waals surface area contributed by atoms with Crippen molar-refractivity contribution in [3.63, 3.8) is 0 Å². The SMILES string of the molecule is COc1ccc(NC(N)=NCCC(=O)N2CCCC2)cc1OC. The molecule has 1 aromatic rings. The van der Waals surface area contributed by atoms with Gasteiger partial charge in [-0.15, -0.1) is 0 Å². The van der Waals surface area contributed by atoms with Crippen molar-refractivity contribution in [3.05, 3.63) is 18.2 Å². The van der Waals surface area contributed by atoms with Crippen LogP contribution in [0.5, 0.6) is 11.5 Å². The lowest BCUT2D eigenvalue weighted by Crippen LogP contribution is -2.28. The van der Waals surface area contributed by atoms with Crippen molar-refractivity contribution in [1.82, 2.24) is 4.90 Å². The van der Waals surface area contributed by atoms with Crippen molar-refractivity contribution in [3.8, 4) is 11.5 Å². The molecule has 1 aromatic carbocycles. The minimum atomic E-state index is 0.144. The molecule has 126 valence electrons. The van der Waals surface area contributed by atoms with Crippen LogP contribution in [0.2, 0.25) is 0 Å². The average Bonchev–Trinajstić information content (AvgIpc) is 3.09. The molecule has 3 N–H and O–H groups in total. The van der Waals surface area contributed by atoms with Crippen LogP contribution in [-0.2, 0) is 4.79 Å². The molecule has 0 aromatic heterocycles. The molecule has 1 aliphatic rings. The Morgan fingerprint density at radius 2 is 1.96 bits per heavy atom. The van der Waals surface area contributed by atoms with Crippen molar-refractivity contribution < 1.29 is 14.3 Å². The van der Waals surface area contributed by atoms with E-state index in [9.17, 15) is 4.79 Å². The fourth-order valence-electron chi connectivity index (χ4n) is 2.50. The zero-order valence-electron chi connectivity index (χ0n) is 13.7. The van der Waals surface area contributed by atoms with Gasteiger partial charge in [0.05, 0.1) is 20.8 Å². The third-order valence-electron chi connectivity index (χ3n) is 3.72. The standard InChI is InChI=1S/C16H24N4O3/c1-22-13-6-5-12(11-14(13)23-2)19-16(17)18-8-7-15(21)20-9-3-4-10-20/h5-6,11H,3-4,7-10H2,1-2H3,(H3,17,18,19). The molecule has 7 heteroatoms. The second-order valence-corrected chi connectivity index (χ2v) is 5.30. The summed E-state index contributed by atoms with van der Waals surface area (Å²) in [5, 5.41) is 2.98. The summed E-state index contributed by atoms with van der Waals surface area (Å²) in [6.45, 7) is 2.10. The van der Waals surface area contributed by atoms with E-state index in [0.717, 1.165) is 31.6 Å². The predicted octanol–water partition coefficient (Wildman–Crippen LogP) is 1.44. The molecule has 1 heterocycles. The van der Waals surface area contributed by atoms with E-state index in [4.69, 9.17) is 15.2 Å². The topological polar surface area (TPSA) is 89.2 Å². The van der Waals surface area contributed by atoms with Crippen molar-refractivity contribution >= 4 is 17.6 Å². The average molecular weight is 320 g/mol. The largest absolute Gasteiger partial charge is 0.493 e. The molecule has 23 heavy (non-hydrogen) atoms. The molecule has 0 spiro atoms. The number of rotatable bonds is 6. The van der Waals surface area contributed by atoms with E-state index in [1.54, 1.807) is 26.4 Å². The number of methoxy groups -OCH3 is 2. The number of guanidine groups is 1. The van der Waals surface area contributed by atoms with E-state index in [-0.39, 0.29) is 11.9 Å². The van der Waals surface area contributed by atoms with Gasteiger partial charge in [-0.2, -0.15) is 0 Å². The fourth-order valence-corrected chi connectivity index (χ4v) is 2.50. The molecule has 2 rings (SSSR count). The summed E-state index contributed by atoms with van der Waals surface area (Å²) in [4.78, 5) is 18.0. The highest BCUT2D eigenvalue weighted by Gasteiger charge is 2.16. The van der Waals surface area contributed by atoms with Crippen molar-refractivity contribution in [2.75, 3.05) is 39.2 Å². The third kappa shape index (κ3) is 4.77. The first-order valence-electron chi connectivity index (χ1n) is 7.71. The van der Waals surface area contributed by atoms with E-state index in [2.05, 4.69) is 10.3 Å². The number of carbonyl (C=O) groups is 1. The van der Waals surface area contributed by atoms with E-state index in [1.165, 1.54) is 0 Å². The Hall–Kier alpha value is -2.44.